The summed E-state index contributed by atoms with van der Waals surface area (Å²) in [5, 5.41) is 10.1. The molecule has 0 aliphatic heterocycles. The molecule has 0 heterocycles. The van der Waals surface area contributed by atoms with Gasteiger partial charge in [0.1, 0.15) is 5.75 Å². The molecule has 1 N–H and O–H groups in total. The summed E-state index contributed by atoms with van der Waals surface area (Å²) >= 11 is 16.7. The van der Waals surface area contributed by atoms with Gasteiger partial charge in [-0.3, -0.25) is 0 Å². The van der Waals surface area contributed by atoms with Crippen molar-refractivity contribution in [2.75, 3.05) is 12.4 Å². The van der Waals surface area contributed by atoms with Crippen molar-refractivity contribution < 1.29 is 14.6 Å². The van der Waals surface area contributed by atoms with Gasteiger partial charge >= 0.3 is 5.97 Å². The van der Waals surface area contributed by atoms with Gasteiger partial charge in [-0.1, -0.05) is 65.7 Å². The minimum Gasteiger partial charge on any atom is -0.481 e. The maximum absolute atomic E-state index is 10.7. The Labute approximate surface area is 203 Å². The smallest absolute Gasteiger partial charge is 0.341 e. The minimum atomic E-state index is -0.999. The molecular weight excluding hydrogens is 554 g/mol. The number of thioether (sulfide) groups is 1. The van der Waals surface area contributed by atoms with Crippen LogP contribution in [0.15, 0.2) is 77.7 Å². The van der Waals surface area contributed by atoms with Crippen LogP contribution in [0.2, 0.25) is 10.0 Å². The molecule has 0 atom stereocenters. The average Bonchev–Trinajstić information content (AvgIpc) is 2.72. The quantitative estimate of drug-likeness (QED) is 0.228. The van der Waals surface area contributed by atoms with E-state index in [-0.39, 0.29) is 6.61 Å². The number of carboxylic acids is 1. The summed E-state index contributed by atoms with van der Waals surface area (Å²) in [4.78, 5) is 11.7. The third-order valence-corrected chi connectivity index (χ3v) is 6.54. The summed E-state index contributed by atoms with van der Waals surface area (Å²) < 4.78 is 6.14. The molecule has 0 spiro atoms. The van der Waals surface area contributed by atoms with Crippen molar-refractivity contribution in [3.8, 4) is 5.75 Å². The average molecular weight is 571 g/mol. The summed E-state index contributed by atoms with van der Waals surface area (Å²) in [6, 6.07) is 21.1. The highest BCUT2D eigenvalue weighted by molar-refractivity contribution is 14.1. The molecule has 3 rings (SSSR count). The molecule has 0 aliphatic carbocycles. The zero-order valence-corrected chi connectivity index (χ0v) is 20.1. The van der Waals surface area contributed by atoms with Crippen LogP contribution in [-0.4, -0.2) is 23.4 Å². The lowest BCUT2D eigenvalue weighted by Gasteiger charge is -2.12. The molecule has 0 aliphatic rings. The van der Waals surface area contributed by atoms with Crippen LogP contribution < -0.4 is 4.74 Å². The van der Waals surface area contributed by atoms with Crippen molar-refractivity contribution in [1.82, 2.24) is 0 Å². The highest BCUT2D eigenvalue weighted by atomic mass is 127. The van der Waals surface area contributed by atoms with Crippen LogP contribution in [0.4, 0.5) is 0 Å². The maximum atomic E-state index is 10.7. The van der Waals surface area contributed by atoms with Crippen LogP contribution in [0, 0.1) is 3.57 Å². The molecule has 3 nitrogen and oxygen atoms in total. The fourth-order valence-corrected chi connectivity index (χ4v) is 4.94. The first-order valence-corrected chi connectivity index (χ1v) is 11.7. The molecule has 3 aromatic carbocycles. The van der Waals surface area contributed by atoms with Gasteiger partial charge < -0.3 is 9.84 Å². The first kappa shape index (κ1) is 23.0. The van der Waals surface area contributed by atoms with E-state index in [9.17, 15) is 4.79 Å². The van der Waals surface area contributed by atoms with Crippen molar-refractivity contribution in [3.63, 3.8) is 0 Å². The van der Waals surface area contributed by atoms with E-state index in [0.29, 0.717) is 21.5 Å². The van der Waals surface area contributed by atoms with Crippen molar-refractivity contribution >= 4 is 69.1 Å². The van der Waals surface area contributed by atoms with Gasteiger partial charge in [-0.15, -0.1) is 11.8 Å². The van der Waals surface area contributed by atoms with E-state index in [1.165, 1.54) is 0 Å². The second kappa shape index (κ2) is 11.1. The third kappa shape index (κ3) is 6.17. The van der Waals surface area contributed by atoms with E-state index in [2.05, 4.69) is 28.7 Å². The Morgan fingerprint density at radius 2 is 1.60 bits per heavy atom. The number of rotatable bonds is 8. The minimum absolute atomic E-state index is 0.357. The fourth-order valence-electron chi connectivity index (χ4n) is 2.77. The summed E-state index contributed by atoms with van der Waals surface area (Å²) in [5.41, 5.74) is 2.84. The monoisotopic (exact) mass is 570 g/mol. The maximum Gasteiger partial charge on any atom is 0.341 e. The SMILES string of the molecule is O=C(O)COc1ccc(SCC=C(c2ccccc2Cl)c2ccccc2Cl)cc1I. The number of ether oxygens (including phenoxy) is 1. The van der Waals surface area contributed by atoms with Gasteiger partial charge in [0.2, 0.25) is 0 Å². The summed E-state index contributed by atoms with van der Waals surface area (Å²) in [6.07, 6.45) is 2.12. The molecule has 3 aromatic rings. The largest absolute Gasteiger partial charge is 0.481 e. The summed E-state index contributed by atoms with van der Waals surface area (Å²) in [5.74, 6) is 0.267. The second-order valence-corrected chi connectivity index (χ2v) is 9.23. The topological polar surface area (TPSA) is 46.5 Å². The predicted molar refractivity (Wildman–Crippen MR) is 133 cm³/mol. The molecule has 0 bridgehead atoms. The van der Waals surface area contributed by atoms with E-state index in [1.807, 2.05) is 60.7 Å². The van der Waals surface area contributed by atoms with Crippen molar-refractivity contribution in [3.05, 3.63) is 97.5 Å². The van der Waals surface area contributed by atoms with Gasteiger partial charge in [-0.2, -0.15) is 0 Å². The molecule has 154 valence electrons. The van der Waals surface area contributed by atoms with Crippen LogP contribution in [0.3, 0.4) is 0 Å². The Hall–Kier alpha value is -1.67. The van der Waals surface area contributed by atoms with Crippen LogP contribution in [0.5, 0.6) is 5.75 Å². The number of carboxylic acid groups (broad SMARTS) is 1. The predicted octanol–water partition coefficient (Wildman–Crippen LogP) is 7.29. The van der Waals surface area contributed by atoms with Gasteiger partial charge in [-0.25, -0.2) is 4.79 Å². The molecule has 0 amide bonds. The van der Waals surface area contributed by atoms with E-state index in [0.717, 1.165) is 25.2 Å². The molecule has 7 heteroatoms. The Morgan fingerprint density at radius 3 is 2.13 bits per heavy atom. The zero-order valence-electron chi connectivity index (χ0n) is 15.6. The third-order valence-electron chi connectivity index (χ3n) is 4.12. The van der Waals surface area contributed by atoms with Crippen LogP contribution in [0.1, 0.15) is 11.1 Å². The van der Waals surface area contributed by atoms with Crippen LogP contribution in [-0.2, 0) is 4.79 Å². The lowest BCUT2D eigenvalue weighted by Crippen LogP contribution is -2.10. The Morgan fingerprint density at radius 1 is 1.00 bits per heavy atom. The highest BCUT2D eigenvalue weighted by Crippen LogP contribution is 2.34. The van der Waals surface area contributed by atoms with Crippen molar-refractivity contribution in [2.45, 2.75) is 4.90 Å². The molecule has 0 fully saturated rings. The molecule has 0 radical (unpaired) electrons. The molecular formula is C23H17Cl2IO3S. The van der Waals surface area contributed by atoms with Crippen LogP contribution >= 0.6 is 57.6 Å². The number of benzene rings is 3. The molecule has 0 saturated carbocycles. The molecule has 30 heavy (non-hydrogen) atoms. The Kier molecular flexibility index (Phi) is 8.50. The van der Waals surface area contributed by atoms with Gasteiger partial charge in [0.25, 0.3) is 0 Å². The number of hydrogen-bond donors (Lipinski definition) is 1. The standard InChI is InChI=1S/C23H17Cl2IO3S/c24-19-7-3-1-5-17(19)16(18-6-2-4-8-20(18)25)11-12-30-15-9-10-22(21(26)13-15)29-14-23(27)28/h1-11,13H,12,14H2,(H,27,28). The summed E-state index contributed by atoms with van der Waals surface area (Å²) in [6.45, 7) is -0.357. The molecule has 0 unspecified atom stereocenters. The van der Waals surface area contributed by atoms with E-state index >= 15 is 0 Å². The van der Waals surface area contributed by atoms with Gasteiger partial charge in [0.05, 0.1) is 3.57 Å². The zero-order chi connectivity index (χ0) is 21.5. The fraction of sp³-hybridized carbons (Fsp3) is 0.0870. The van der Waals surface area contributed by atoms with E-state index in [1.54, 1.807) is 17.8 Å². The molecule has 0 aromatic heterocycles. The van der Waals surface area contributed by atoms with Crippen molar-refractivity contribution in [1.29, 1.82) is 0 Å². The van der Waals surface area contributed by atoms with Gasteiger partial charge in [0.15, 0.2) is 6.61 Å². The number of aliphatic carboxylic acids is 1. The lowest BCUT2D eigenvalue weighted by molar-refractivity contribution is -0.139. The lowest BCUT2D eigenvalue weighted by atomic mass is 9.98. The Balaban J connectivity index is 1.82. The Bertz CT molecular complexity index is 1040. The normalized spacial score (nSPS) is 10.5. The van der Waals surface area contributed by atoms with Gasteiger partial charge in [-0.05, 0) is 58.5 Å². The number of halogens is 3. The number of hydrogen-bond acceptors (Lipinski definition) is 3. The highest BCUT2D eigenvalue weighted by Gasteiger charge is 2.12. The van der Waals surface area contributed by atoms with Crippen LogP contribution in [0.25, 0.3) is 5.57 Å². The second-order valence-electron chi connectivity index (χ2n) is 6.16. The summed E-state index contributed by atoms with van der Waals surface area (Å²) in [7, 11) is 0. The van der Waals surface area contributed by atoms with Gasteiger partial charge in [0, 0.05) is 31.8 Å². The van der Waals surface area contributed by atoms with E-state index in [4.69, 9.17) is 33.0 Å². The van der Waals surface area contributed by atoms with E-state index < -0.39 is 5.97 Å². The first-order valence-electron chi connectivity index (χ1n) is 8.92. The van der Waals surface area contributed by atoms with Crippen molar-refractivity contribution in [2.24, 2.45) is 0 Å². The first-order chi connectivity index (χ1) is 14.5. The number of carbonyl (C=O) groups is 1. The molecule has 0 saturated heterocycles.